The Morgan fingerprint density at radius 1 is 1.35 bits per heavy atom. The smallest absolute Gasteiger partial charge is 0.119 e. The summed E-state index contributed by atoms with van der Waals surface area (Å²) in [6.07, 6.45) is 4.25. The highest BCUT2D eigenvalue weighted by Gasteiger charge is 2.10. The van der Waals surface area contributed by atoms with Crippen molar-refractivity contribution in [2.24, 2.45) is 12.8 Å². The van der Waals surface area contributed by atoms with Crippen LogP contribution < -0.4 is 10.5 Å². The number of nitrogens with two attached hydrogens (primary N) is 1. The van der Waals surface area contributed by atoms with Crippen LogP contribution in [0.1, 0.15) is 17.5 Å². The molecule has 2 N–H and O–H groups in total. The predicted molar refractivity (Wildman–Crippen MR) is 71.6 cm³/mol. The molecule has 0 unspecified atom stereocenters. The van der Waals surface area contributed by atoms with Gasteiger partial charge in [0, 0.05) is 18.6 Å². The molecule has 0 spiro atoms. The maximum Gasteiger partial charge on any atom is 0.119 e. The van der Waals surface area contributed by atoms with E-state index >= 15 is 0 Å². The van der Waals surface area contributed by atoms with E-state index in [-0.39, 0.29) is 0 Å². The van der Waals surface area contributed by atoms with Gasteiger partial charge in [-0.1, -0.05) is 0 Å². The fourth-order valence-corrected chi connectivity index (χ4v) is 2.44. The minimum absolute atomic E-state index is 0.735. The number of methoxy groups -OCH3 is 1. The predicted octanol–water partition coefficient (Wildman–Crippen LogP) is 2.39. The molecule has 3 heteroatoms. The zero-order valence-electron chi connectivity index (χ0n) is 10.8. The molecule has 1 aromatic carbocycles. The molecule has 0 amide bonds. The van der Waals surface area contributed by atoms with Crippen molar-refractivity contribution >= 4 is 10.9 Å². The summed E-state index contributed by atoms with van der Waals surface area (Å²) in [5, 5.41) is 1.29. The molecule has 0 radical (unpaired) electrons. The van der Waals surface area contributed by atoms with Gasteiger partial charge in [-0.3, -0.25) is 0 Å². The molecule has 0 fully saturated rings. The summed E-state index contributed by atoms with van der Waals surface area (Å²) in [7, 11) is 3.80. The highest BCUT2D eigenvalue weighted by molar-refractivity contribution is 5.88. The maximum absolute atomic E-state index is 5.58. The fourth-order valence-electron chi connectivity index (χ4n) is 2.44. The molecule has 1 heterocycles. The maximum atomic E-state index is 5.58. The van der Waals surface area contributed by atoms with Crippen molar-refractivity contribution in [3.63, 3.8) is 0 Å². The molecule has 0 bridgehead atoms. The number of hydrogen-bond acceptors (Lipinski definition) is 2. The van der Waals surface area contributed by atoms with Crippen LogP contribution in [0.15, 0.2) is 18.3 Å². The first-order valence-corrected chi connectivity index (χ1v) is 6.00. The lowest BCUT2D eigenvalue weighted by molar-refractivity contribution is 0.415. The summed E-state index contributed by atoms with van der Waals surface area (Å²) < 4.78 is 7.53. The molecule has 0 saturated heterocycles. The third kappa shape index (κ3) is 2.15. The Hall–Kier alpha value is -1.48. The summed E-state index contributed by atoms with van der Waals surface area (Å²) in [4.78, 5) is 0. The van der Waals surface area contributed by atoms with E-state index in [4.69, 9.17) is 10.5 Å². The Bertz CT molecular complexity index is 528. The van der Waals surface area contributed by atoms with Gasteiger partial charge in [-0.25, -0.2) is 0 Å². The number of aromatic nitrogens is 1. The molecule has 2 aromatic rings. The second-order valence-electron chi connectivity index (χ2n) is 4.50. The van der Waals surface area contributed by atoms with Crippen LogP contribution in [0.5, 0.6) is 5.75 Å². The molecule has 0 aliphatic heterocycles. The third-order valence-electron chi connectivity index (χ3n) is 3.21. The number of ether oxygens (including phenoxy) is 1. The van der Waals surface area contributed by atoms with Gasteiger partial charge in [0.05, 0.1) is 12.6 Å². The Morgan fingerprint density at radius 3 is 2.76 bits per heavy atom. The second-order valence-corrected chi connectivity index (χ2v) is 4.50. The van der Waals surface area contributed by atoms with Crippen molar-refractivity contribution in [3.05, 3.63) is 29.5 Å². The van der Waals surface area contributed by atoms with Crippen LogP contribution in [0.2, 0.25) is 0 Å². The van der Waals surface area contributed by atoms with Crippen LogP contribution in [0, 0.1) is 6.92 Å². The van der Waals surface area contributed by atoms with Gasteiger partial charge >= 0.3 is 0 Å². The Balaban J connectivity index is 2.57. The quantitative estimate of drug-likeness (QED) is 0.879. The average molecular weight is 232 g/mol. The van der Waals surface area contributed by atoms with Gasteiger partial charge in [0.2, 0.25) is 0 Å². The van der Waals surface area contributed by atoms with Crippen LogP contribution >= 0.6 is 0 Å². The Labute approximate surface area is 102 Å². The van der Waals surface area contributed by atoms with Crippen LogP contribution in [-0.2, 0) is 13.5 Å². The number of nitrogens with zero attached hydrogens (tertiary/aromatic N) is 1. The summed E-state index contributed by atoms with van der Waals surface area (Å²) in [6, 6.07) is 4.20. The standard InChI is InChI=1S/C14H20N2O/c1-10-7-12(17-3)8-13-11(5-4-6-15)9-16(2)14(10)13/h7-9H,4-6,15H2,1-3H3. The third-order valence-corrected chi connectivity index (χ3v) is 3.21. The first-order chi connectivity index (χ1) is 8.17. The van der Waals surface area contributed by atoms with Gasteiger partial charge in [0.15, 0.2) is 0 Å². The number of hydrogen-bond donors (Lipinski definition) is 1. The molecule has 92 valence electrons. The van der Waals surface area contributed by atoms with E-state index in [1.807, 2.05) is 0 Å². The van der Waals surface area contributed by atoms with Gasteiger partial charge in [0.1, 0.15) is 5.75 Å². The van der Waals surface area contributed by atoms with E-state index in [0.29, 0.717) is 0 Å². The molecule has 0 atom stereocenters. The van der Waals surface area contributed by atoms with Gasteiger partial charge in [-0.15, -0.1) is 0 Å². The topological polar surface area (TPSA) is 40.2 Å². The zero-order chi connectivity index (χ0) is 12.4. The molecule has 0 saturated carbocycles. The molecular formula is C14H20N2O. The van der Waals surface area contributed by atoms with Crippen LogP contribution in [-0.4, -0.2) is 18.2 Å². The average Bonchev–Trinajstić information content (AvgIpc) is 2.63. The van der Waals surface area contributed by atoms with Crippen molar-refractivity contribution in [3.8, 4) is 5.75 Å². The summed E-state index contributed by atoms with van der Waals surface area (Å²) in [5.41, 5.74) is 9.48. The van der Waals surface area contributed by atoms with Crippen LogP contribution in [0.3, 0.4) is 0 Å². The number of fused-ring (bicyclic) bond motifs is 1. The molecule has 3 nitrogen and oxygen atoms in total. The van der Waals surface area contributed by atoms with Crippen molar-refractivity contribution in [1.29, 1.82) is 0 Å². The van der Waals surface area contributed by atoms with Crippen molar-refractivity contribution in [1.82, 2.24) is 4.57 Å². The normalized spacial score (nSPS) is 11.1. The highest BCUT2D eigenvalue weighted by atomic mass is 16.5. The molecular weight excluding hydrogens is 212 g/mol. The van der Waals surface area contributed by atoms with Gasteiger partial charge in [-0.2, -0.15) is 0 Å². The van der Waals surface area contributed by atoms with E-state index in [2.05, 4.69) is 36.9 Å². The van der Waals surface area contributed by atoms with E-state index in [0.717, 1.165) is 25.1 Å². The Morgan fingerprint density at radius 2 is 2.12 bits per heavy atom. The minimum atomic E-state index is 0.735. The number of aryl methyl sites for hydroxylation is 3. The monoisotopic (exact) mass is 232 g/mol. The van der Waals surface area contributed by atoms with Crippen molar-refractivity contribution in [2.75, 3.05) is 13.7 Å². The van der Waals surface area contributed by atoms with Crippen LogP contribution in [0.25, 0.3) is 10.9 Å². The first-order valence-electron chi connectivity index (χ1n) is 6.00. The highest BCUT2D eigenvalue weighted by Crippen LogP contribution is 2.29. The van der Waals surface area contributed by atoms with Crippen LogP contribution in [0.4, 0.5) is 0 Å². The largest absolute Gasteiger partial charge is 0.497 e. The Kier molecular flexibility index (Phi) is 3.38. The summed E-state index contributed by atoms with van der Waals surface area (Å²) >= 11 is 0. The molecule has 1 aromatic heterocycles. The number of benzene rings is 1. The van der Waals surface area contributed by atoms with Crippen molar-refractivity contribution < 1.29 is 4.74 Å². The van der Waals surface area contributed by atoms with Gasteiger partial charge in [0.25, 0.3) is 0 Å². The second kappa shape index (κ2) is 4.80. The zero-order valence-corrected chi connectivity index (χ0v) is 10.8. The van der Waals surface area contributed by atoms with E-state index < -0.39 is 0 Å². The number of rotatable bonds is 4. The lowest BCUT2D eigenvalue weighted by atomic mass is 10.1. The van der Waals surface area contributed by atoms with Crippen molar-refractivity contribution in [2.45, 2.75) is 19.8 Å². The molecule has 0 aliphatic carbocycles. The van der Waals surface area contributed by atoms with Gasteiger partial charge in [-0.05, 0) is 49.6 Å². The SMILES string of the molecule is COc1cc(C)c2c(c1)c(CCCN)cn2C. The van der Waals surface area contributed by atoms with Gasteiger partial charge < -0.3 is 15.0 Å². The minimum Gasteiger partial charge on any atom is -0.497 e. The lowest BCUT2D eigenvalue weighted by Crippen LogP contribution is -1.99. The summed E-state index contributed by atoms with van der Waals surface area (Å²) in [6.45, 7) is 2.86. The van der Waals surface area contributed by atoms with E-state index in [9.17, 15) is 0 Å². The first kappa shape index (κ1) is 12.0. The lowest BCUT2D eigenvalue weighted by Gasteiger charge is -2.05. The fraction of sp³-hybridized carbons (Fsp3) is 0.429. The molecule has 2 rings (SSSR count). The molecule has 0 aliphatic rings. The van der Waals surface area contributed by atoms with E-state index in [1.54, 1.807) is 7.11 Å². The summed E-state index contributed by atoms with van der Waals surface area (Å²) in [5.74, 6) is 0.926. The van der Waals surface area contributed by atoms with E-state index in [1.165, 1.54) is 22.0 Å². The molecule has 17 heavy (non-hydrogen) atoms.